The minimum atomic E-state index is -0.254. The smallest absolute Gasteiger partial charge is 0.230 e. The highest BCUT2D eigenvalue weighted by Gasteiger charge is 2.43. The van der Waals surface area contributed by atoms with Crippen LogP contribution in [-0.4, -0.2) is 43.7 Å². The number of nitrogens with zero attached hydrogens (tertiary/aromatic N) is 1. The van der Waals surface area contributed by atoms with Gasteiger partial charge in [0.2, 0.25) is 5.91 Å². The number of halogens is 1. The third-order valence-electron chi connectivity index (χ3n) is 4.40. The van der Waals surface area contributed by atoms with E-state index in [1.807, 2.05) is 4.90 Å². The quantitative estimate of drug-likeness (QED) is 0.851. The van der Waals surface area contributed by atoms with Gasteiger partial charge in [0.1, 0.15) is 0 Å². The van der Waals surface area contributed by atoms with Crippen molar-refractivity contribution < 1.29 is 9.53 Å². The van der Waals surface area contributed by atoms with Gasteiger partial charge in [0.15, 0.2) is 0 Å². The number of ether oxygens (including phenoxy) is 1. The average molecular weight is 277 g/mol. The Bertz CT molecular complexity index is 280. The second-order valence-electron chi connectivity index (χ2n) is 5.44. The van der Waals surface area contributed by atoms with E-state index in [9.17, 15) is 4.79 Å². The minimum Gasteiger partial charge on any atom is -0.380 e. The van der Waals surface area contributed by atoms with Gasteiger partial charge in [-0.1, -0.05) is 12.8 Å². The standard InChI is InChI=1S/C13H24N2O2.ClH/c1-17-11-5-4-8-15(9-11)12(16)13(10-14)6-2-3-7-13;/h11H,2-10,14H2,1H3;1H. The Morgan fingerprint density at radius 1 is 1.39 bits per heavy atom. The van der Waals surface area contributed by atoms with Crippen LogP contribution in [-0.2, 0) is 9.53 Å². The fourth-order valence-electron chi connectivity index (χ4n) is 3.21. The fraction of sp³-hybridized carbons (Fsp3) is 0.923. The summed E-state index contributed by atoms with van der Waals surface area (Å²) in [6.45, 7) is 2.12. The van der Waals surface area contributed by atoms with Gasteiger partial charge in [0.05, 0.1) is 11.5 Å². The molecule has 0 bridgehead atoms. The van der Waals surface area contributed by atoms with E-state index in [1.54, 1.807) is 7.11 Å². The lowest BCUT2D eigenvalue weighted by molar-refractivity contribution is -0.145. The maximum atomic E-state index is 12.6. The Balaban J connectivity index is 0.00000162. The predicted octanol–water partition coefficient (Wildman–Crippen LogP) is 1.56. The summed E-state index contributed by atoms with van der Waals surface area (Å²) in [6, 6.07) is 0. The van der Waals surface area contributed by atoms with E-state index < -0.39 is 0 Å². The number of carbonyl (C=O) groups is 1. The normalized spacial score (nSPS) is 26.8. The minimum absolute atomic E-state index is 0. The molecule has 1 heterocycles. The maximum Gasteiger partial charge on any atom is 0.230 e. The molecule has 1 atom stereocenters. The van der Waals surface area contributed by atoms with Gasteiger partial charge in [-0.05, 0) is 25.7 Å². The zero-order valence-electron chi connectivity index (χ0n) is 11.2. The largest absolute Gasteiger partial charge is 0.380 e. The monoisotopic (exact) mass is 276 g/mol. The summed E-state index contributed by atoms with van der Waals surface area (Å²) in [5.41, 5.74) is 5.61. The first-order valence-corrected chi connectivity index (χ1v) is 6.74. The highest BCUT2D eigenvalue weighted by atomic mass is 35.5. The molecule has 1 aliphatic carbocycles. The highest BCUT2D eigenvalue weighted by Crippen LogP contribution is 2.39. The summed E-state index contributed by atoms with van der Waals surface area (Å²) >= 11 is 0. The highest BCUT2D eigenvalue weighted by molar-refractivity contribution is 5.85. The molecule has 1 saturated heterocycles. The molecule has 1 saturated carbocycles. The summed E-state index contributed by atoms with van der Waals surface area (Å²) in [4.78, 5) is 14.6. The third-order valence-corrected chi connectivity index (χ3v) is 4.40. The lowest BCUT2D eigenvalue weighted by Gasteiger charge is -2.38. The molecule has 5 heteroatoms. The SMILES string of the molecule is COC1CCCN(C(=O)C2(CN)CCCC2)C1.Cl. The number of piperidine rings is 1. The van der Waals surface area contributed by atoms with Gasteiger partial charge in [-0.15, -0.1) is 12.4 Å². The summed E-state index contributed by atoms with van der Waals surface area (Å²) in [5, 5.41) is 0. The summed E-state index contributed by atoms with van der Waals surface area (Å²) in [6.07, 6.45) is 6.55. The van der Waals surface area contributed by atoms with Crippen molar-refractivity contribution in [2.24, 2.45) is 11.1 Å². The van der Waals surface area contributed by atoms with Crippen molar-refractivity contribution in [1.82, 2.24) is 4.90 Å². The number of rotatable bonds is 3. The van der Waals surface area contributed by atoms with Gasteiger partial charge in [0, 0.05) is 26.7 Å². The molecule has 1 amide bonds. The number of amides is 1. The van der Waals surface area contributed by atoms with E-state index in [1.165, 1.54) is 0 Å². The molecule has 106 valence electrons. The van der Waals surface area contributed by atoms with Crippen LogP contribution in [0.3, 0.4) is 0 Å². The molecule has 1 unspecified atom stereocenters. The number of methoxy groups -OCH3 is 1. The van der Waals surface area contributed by atoms with E-state index in [4.69, 9.17) is 10.5 Å². The second-order valence-corrected chi connectivity index (χ2v) is 5.44. The summed E-state index contributed by atoms with van der Waals surface area (Å²) in [7, 11) is 1.73. The molecule has 0 radical (unpaired) electrons. The first-order valence-electron chi connectivity index (χ1n) is 6.74. The van der Waals surface area contributed by atoms with Crippen LogP contribution in [0.4, 0.5) is 0 Å². The molecular weight excluding hydrogens is 252 g/mol. The molecule has 0 aromatic carbocycles. The van der Waals surface area contributed by atoms with Crippen molar-refractivity contribution in [3.05, 3.63) is 0 Å². The number of hydrogen-bond donors (Lipinski definition) is 1. The number of likely N-dealkylation sites (tertiary alicyclic amines) is 1. The van der Waals surface area contributed by atoms with Crippen molar-refractivity contribution in [2.75, 3.05) is 26.7 Å². The van der Waals surface area contributed by atoms with Crippen LogP contribution in [0.2, 0.25) is 0 Å². The average Bonchev–Trinajstić information content (AvgIpc) is 2.88. The van der Waals surface area contributed by atoms with E-state index in [-0.39, 0.29) is 29.8 Å². The first-order chi connectivity index (χ1) is 8.22. The Hall–Kier alpha value is -0.320. The molecule has 0 aromatic rings. The van der Waals surface area contributed by atoms with Crippen molar-refractivity contribution >= 4 is 18.3 Å². The molecule has 1 aliphatic heterocycles. The third kappa shape index (κ3) is 2.98. The van der Waals surface area contributed by atoms with Crippen molar-refractivity contribution in [2.45, 2.75) is 44.6 Å². The van der Waals surface area contributed by atoms with Crippen LogP contribution >= 0.6 is 12.4 Å². The van der Waals surface area contributed by atoms with Crippen LogP contribution in [0.5, 0.6) is 0 Å². The van der Waals surface area contributed by atoms with Crippen molar-refractivity contribution in [3.8, 4) is 0 Å². The summed E-state index contributed by atoms with van der Waals surface area (Å²) in [5.74, 6) is 0.277. The van der Waals surface area contributed by atoms with E-state index >= 15 is 0 Å². The van der Waals surface area contributed by atoms with Crippen molar-refractivity contribution in [1.29, 1.82) is 0 Å². The molecule has 2 aliphatic rings. The Kier molecular flexibility index (Phi) is 5.89. The van der Waals surface area contributed by atoms with Crippen molar-refractivity contribution in [3.63, 3.8) is 0 Å². The fourth-order valence-corrected chi connectivity index (χ4v) is 3.21. The van der Waals surface area contributed by atoms with Crippen LogP contribution in [0.25, 0.3) is 0 Å². The second kappa shape index (κ2) is 6.73. The summed E-state index contributed by atoms with van der Waals surface area (Å²) < 4.78 is 5.38. The molecule has 0 aromatic heterocycles. The molecule has 2 fully saturated rings. The molecular formula is C13H25ClN2O2. The van der Waals surface area contributed by atoms with E-state index in [2.05, 4.69) is 0 Å². The molecule has 2 rings (SSSR count). The zero-order valence-corrected chi connectivity index (χ0v) is 12.0. The molecule has 18 heavy (non-hydrogen) atoms. The number of nitrogens with two attached hydrogens (primary N) is 1. The Morgan fingerprint density at radius 2 is 2.06 bits per heavy atom. The number of carbonyl (C=O) groups excluding carboxylic acids is 1. The van der Waals surface area contributed by atoms with Gasteiger partial charge in [-0.25, -0.2) is 0 Å². The molecule has 2 N–H and O–H groups in total. The predicted molar refractivity (Wildman–Crippen MR) is 73.8 cm³/mol. The Morgan fingerprint density at radius 3 is 2.61 bits per heavy atom. The van der Waals surface area contributed by atoms with Crippen LogP contribution < -0.4 is 5.73 Å². The first kappa shape index (κ1) is 15.7. The van der Waals surface area contributed by atoms with Crippen LogP contribution in [0.1, 0.15) is 38.5 Å². The Labute approximate surface area is 116 Å². The zero-order chi connectivity index (χ0) is 12.3. The number of hydrogen-bond acceptors (Lipinski definition) is 3. The van der Waals surface area contributed by atoms with Crippen LogP contribution in [0, 0.1) is 5.41 Å². The topological polar surface area (TPSA) is 55.6 Å². The van der Waals surface area contributed by atoms with Gasteiger partial charge in [-0.3, -0.25) is 4.79 Å². The maximum absolute atomic E-state index is 12.6. The lowest BCUT2D eigenvalue weighted by atomic mass is 9.84. The van der Waals surface area contributed by atoms with E-state index in [0.717, 1.165) is 51.6 Å². The lowest BCUT2D eigenvalue weighted by Crippen LogP contribution is -2.51. The van der Waals surface area contributed by atoms with E-state index in [0.29, 0.717) is 6.54 Å². The van der Waals surface area contributed by atoms with Gasteiger partial charge < -0.3 is 15.4 Å². The van der Waals surface area contributed by atoms with Crippen LogP contribution in [0.15, 0.2) is 0 Å². The van der Waals surface area contributed by atoms with Gasteiger partial charge >= 0.3 is 0 Å². The van der Waals surface area contributed by atoms with Gasteiger partial charge in [-0.2, -0.15) is 0 Å². The molecule has 4 nitrogen and oxygen atoms in total. The van der Waals surface area contributed by atoms with Gasteiger partial charge in [0.25, 0.3) is 0 Å². The molecule has 0 spiro atoms.